The molecule has 0 spiro atoms. The predicted molar refractivity (Wildman–Crippen MR) is 118 cm³/mol. The monoisotopic (exact) mass is 399 g/mol. The summed E-state index contributed by atoms with van der Waals surface area (Å²) < 4.78 is 5.26. The number of rotatable bonds is 6. The summed E-state index contributed by atoms with van der Waals surface area (Å²) in [4.78, 5) is 14.9. The Labute approximate surface area is 177 Å². The van der Waals surface area contributed by atoms with Crippen LogP contribution in [0.15, 0.2) is 84.6 Å². The second kappa shape index (κ2) is 8.46. The van der Waals surface area contributed by atoms with Crippen LogP contribution in [0.5, 0.6) is 5.75 Å². The second-order valence-electron chi connectivity index (χ2n) is 7.41. The first-order valence-electron chi connectivity index (χ1n) is 10.1. The second-order valence-corrected chi connectivity index (χ2v) is 7.41. The van der Waals surface area contributed by atoms with E-state index in [1.54, 1.807) is 12.0 Å². The Morgan fingerprint density at radius 2 is 1.57 bits per heavy atom. The number of aliphatic hydroxyl groups excluding tert-OH is 1. The van der Waals surface area contributed by atoms with Gasteiger partial charge in [-0.2, -0.15) is 0 Å². The molecule has 4 rings (SSSR count). The van der Waals surface area contributed by atoms with E-state index in [1.165, 1.54) is 5.56 Å². The molecule has 30 heavy (non-hydrogen) atoms. The Kier molecular flexibility index (Phi) is 5.57. The molecule has 1 amide bonds. The van der Waals surface area contributed by atoms with Gasteiger partial charge in [-0.05, 0) is 40.8 Å². The molecule has 0 saturated heterocycles. The van der Waals surface area contributed by atoms with Gasteiger partial charge >= 0.3 is 0 Å². The maximum absolute atomic E-state index is 13.1. The van der Waals surface area contributed by atoms with Crippen LogP contribution in [0, 0.1) is 0 Å². The number of hydrogen-bond donors (Lipinski definition) is 1. The molecule has 0 radical (unpaired) electrons. The van der Waals surface area contributed by atoms with Gasteiger partial charge in [0.05, 0.1) is 13.2 Å². The van der Waals surface area contributed by atoms with Crippen LogP contribution in [0.3, 0.4) is 0 Å². The number of benzene rings is 3. The zero-order valence-electron chi connectivity index (χ0n) is 17.2. The Morgan fingerprint density at radius 1 is 0.900 bits per heavy atom. The Bertz CT molecular complexity index is 1050. The first kappa shape index (κ1) is 19.8. The lowest BCUT2D eigenvalue weighted by atomic mass is 9.92. The van der Waals surface area contributed by atoms with Gasteiger partial charge in [0, 0.05) is 12.1 Å². The van der Waals surface area contributed by atoms with E-state index in [4.69, 9.17) is 4.74 Å². The molecule has 1 N–H and O–H groups in total. The summed E-state index contributed by atoms with van der Waals surface area (Å²) in [6.45, 7) is 2.54. The van der Waals surface area contributed by atoms with Gasteiger partial charge in [-0.25, -0.2) is 0 Å². The first-order valence-corrected chi connectivity index (χ1v) is 10.1. The van der Waals surface area contributed by atoms with Crippen LogP contribution in [-0.4, -0.2) is 23.0 Å². The Morgan fingerprint density at radius 3 is 2.17 bits per heavy atom. The average Bonchev–Trinajstić information content (AvgIpc) is 3.05. The topological polar surface area (TPSA) is 49.8 Å². The highest BCUT2D eigenvalue weighted by Crippen LogP contribution is 2.44. The number of aliphatic hydroxyl groups is 1. The summed E-state index contributed by atoms with van der Waals surface area (Å²) in [5.41, 5.74) is 4.66. The van der Waals surface area contributed by atoms with Crippen LogP contribution in [0.4, 0.5) is 0 Å². The van der Waals surface area contributed by atoms with Gasteiger partial charge in [-0.15, -0.1) is 0 Å². The van der Waals surface area contributed by atoms with Crippen molar-refractivity contribution in [1.29, 1.82) is 0 Å². The molecular weight excluding hydrogens is 374 g/mol. The highest BCUT2D eigenvalue weighted by atomic mass is 16.5. The van der Waals surface area contributed by atoms with Crippen LogP contribution in [-0.2, 0) is 17.8 Å². The number of amides is 1. The molecule has 0 fully saturated rings. The minimum Gasteiger partial charge on any atom is -0.503 e. The summed E-state index contributed by atoms with van der Waals surface area (Å²) in [7, 11) is 1.62. The molecule has 4 heteroatoms. The number of carbonyl (C=O) groups excluding carboxylic acids is 1. The minimum absolute atomic E-state index is 0.194. The summed E-state index contributed by atoms with van der Waals surface area (Å²) in [6.07, 6.45) is 0.948. The van der Waals surface area contributed by atoms with E-state index in [-0.39, 0.29) is 17.7 Å². The first-order chi connectivity index (χ1) is 14.6. The molecule has 3 aromatic carbocycles. The Hall–Kier alpha value is -3.53. The molecule has 4 nitrogen and oxygen atoms in total. The highest BCUT2D eigenvalue weighted by Gasteiger charge is 2.40. The quantitative estimate of drug-likeness (QED) is 0.611. The summed E-state index contributed by atoms with van der Waals surface area (Å²) in [5.74, 6) is 0.183. The van der Waals surface area contributed by atoms with Crippen LogP contribution < -0.4 is 4.74 Å². The number of nitrogens with zero attached hydrogens (tertiary/aromatic N) is 1. The maximum atomic E-state index is 13.1. The molecule has 1 aliphatic heterocycles. The summed E-state index contributed by atoms with van der Waals surface area (Å²) in [5, 5.41) is 10.9. The van der Waals surface area contributed by atoms with Crippen molar-refractivity contribution >= 4 is 11.5 Å². The lowest BCUT2D eigenvalue weighted by molar-refractivity contribution is -0.130. The van der Waals surface area contributed by atoms with Gasteiger partial charge < -0.3 is 14.7 Å². The van der Waals surface area contributed by atoms with E-state index in [0.717, 1.165) is 28.9 Å². The van der Waals surface area contributed by atoms with E-state index in [9.17, 15) is 9.90 Å². The number of ether oxygens (including phenoxy) is 1. The van der Waals surface area contributed by atoms with Crippen LogP contribution in [0.25, 0.3) is 5.57 Å². The normalized spacial score (nSPS) is 16.3. The Balaban J connectivity index is 1.79. The molecule has 0 unspecified atom stereocenters. The number of carbonyl (C=O) groups is 1. The van der Waals surface area contributed by atoms with E-state index < -0.39 is 0 Å². The highest BCUT2D eigenvalue weighted by molar-refractivity contribution is 6.05. The van der Waals surface area contributed by atoms with E-state index in [1.807, 2.05) is 54.6 Å². The van der Waals surface area contributed by atoms with Crippen LogP contribution in [0.2, 0.25) is 0 Å². The van der Waals surface area contributed by atoms with Gasteiger partial charge in [0.1, 0.15) is 5.75 Å². The van der Waals surface area contributed by atoms with Gasteiger partial charge in [-0.1, -0.05) is 73.7 Å². The molecular formula is C26H25NO3. The molecule has 1 aliphatic rings. The van der Waals surface area contributed by atoms with Gasteiger partial charge in [0.25, 0.3) is 5.91 Å². The SMILES string of the molecule is CCc1ccc([C@H]2C(c3ccc(OC)cc3)=C(O)C(=O)N2Cc2ccccc2)cc1. The molecule has 0 bridgehead atoms. The largest absolute Gasteiger partial charge is 0.503 e. The predicted octanol–water partition coefficient (Wildman–Crippen LogP) is 5.31. The molecule has 152 valence electrons. The molecule has 0 aromatic heterocycles. The van der Waals surface area contributed by atoms with Crippen molar-refractivity contribution in [1.82, 2.24) is 4.90 Å². The third-order valence-corrected chi connectivity index (χ3v) is 5.60. The van der Waals surface area contributed by atoms with Crippen molar-refractivity contribution in [2.24, 2.45) is 0 Å². The van der Waals surface area contributed by atoms with Crippen molar-refractivity contribution in [2.75, 3.05) is 7.11 Å². The lowest BCUT2D eigenvalue weighted by Gasteiger charge is -2.27. The number of aryl methyl sites for hydroxylation is 1. The van der Waals surface area contributed by atoms with E-state index in [0.29, 0.717) is 12.1 Å². The van der Waals surface area contributed by atoms with Gasteiger partial charge in [0.15, 0.2) is 5.76 Å². The molecule has 0 aliphatic carbocycles. The lowest BCUT2D eigenvalue weighted by Crippen LogP contribution is -2.29. The zero-order valence-corrected chi connectivity index (χ0v) is 17.2. The molecule has 0 saturated carbocycles. The molecule has 1 heterocycles. The third-order valence-electron chi connectivity index (χ3n) is 5.60. The van der Waals surface area contributed by atoms with E-state index >= 15 is 0 Å². The fourth-order valence-corrected chi connectivity index (χ4v) is 3.94. The molecule has 3 aromatic rings. The standard InChI is InChI=1S/C26H25NO3/c1-3-18-9-11-21(12-10-18)24-23(20-13-15-22(30-2)16-14-20)25(28)26(29)27(24)17-19-7-5-4-6-8-19/h4-16,24,28H,3,17H2,1-2H3/t24-/m0/s1. The van der Waals surface area contributed by atoms with Gasteiger partial charge in [0.2, 0.25) is 0 Å². The van der Waals surface area contributed by atoms with Crippen molar-refractivity contribution in [3.05, 3.63) is 107 Å². The fraction of sp³-hybridized carbons (Fsp3) is 0.192. The van der Waals surface area contributed by atoms with Gasteiger partial charge in [-0.3, -0.25) is 4.79 Å². The third kappa shape index (κ3) is 3.69. The van der Waals surface area contributed by atoms with Crippen molar-refractivity contribution in [3.63, 3.8) is 0 Å². The number of methoxy groups -OCH3 is 1. The van der Waals surface area contributed by atoms with Crippen molar-refractivity contribution < 1.29 is 14.6 Å². The van der Waals surface area contributed by atoms with Crippen LogP contribution >= 0.6 is 0 Å². The maximum Gasteiger partial charge on any atom is 0.290 e. The van der Waals surface area contributed by atoms with Crippen LogP contribution in [0.1, 0.15) is 35.2 Å². The average molecular weight is 399 g/mol. The smallest absolute Gasteiger partial charge is 0.290 e. The summed E-state index contributed by atoms with van der Waals surface area (Å²) >= 11 is 0. The number of hydrogen-bond acceptors (Lipinski definition) is 3. The minimum atomic E-state index is -0.364. The van der Waals surface area contributed by atoms with Crippen molar-refractivity contribution in [3.8, 4) is 5.75 Å². The van der Waals surface area contributed by atoms with E-state index in [2.05, 4.69) is 31.2 Å². The van der Waals surface area contributed by atoms with Crippen molar-refractivity contribution in [2.45, 2.75) is 25.9 Å². The zero-order chi connectivity index (χ0) is 21.1. The molecule has 1 atom stereocenters. The fourth-order valence-electron chi connectivity index (χ4n) is 3.94. The summed E-state index contributed by atoms with van der Waals surface area (Å²) in [6, 6.07) is 25.2.